The zero-order valence-electron chi connectivity index (χ0n) is 39.3. The third-order valence-electron chi connectivity index (χ3n) is 13.9. The van der Waals surface area contributed by atoms with Crippen LogP contribution in [-0.4, -0.2) is 0 Å². The van der Waals surface area contributed by atoms with Gasteiger partial charge in [0.1, 0.15) is 0 Å². The van der Waals surface area contributed by atoms with Crippen molar-refractivity contribution in [1.82, 2.24) is 0 Å². The molecule has 3 heterocycles. The summed E-state index contributed by atoms with van der Waals surface area (Å²) in [5, 5.41) is 12.3. The number of benzene rings is 12. The average molecular weight is 1020 g/mol. The lowest BCUT2D eigenvalue weighted by atomic mass is 9.84. The number of hydrogen-bond acceptors (Lipinski definition) is 5. The number of thiophene rings is 1. The van der Waals surface area contributed by atoms with Crippen molar-refractivity contribution in [3.05, 3.63) is 254 Å². The predicted molar refractivity (Wildman–Crippen MR) is 317 cm³/mol. The highest BCUT2D eigenvalue weighted by Gasteiger charge is 2.24. The fraction of sp³-hybridized carbons (Fsp3) is 0. The van der Waals surface area contributed by atoms with Crippen LogP contribution in [0, 0.1) is 0 Å². The van der Waals surface area contributed by atoms with E-state index in [1.165, 1.54) is 137 Å². The largest absolute Gasteiger partial charge is 0.144 e. The Hall–Kier alpha value is -7.22. The second-order valence-corrected chi connectivity index (χ2v) is 23.5. The summed E-state index contributed by atoms with van der Waals surface area (Å²) >= 11 is 9.32. The van der Waals surface area contributed by atoms with Crippen LogP contribution in [0.4, 0.5) is 0 Å². The van der Waals surface area contributed by atoms with E-state index in [-0.39, 0.29) is 0 Å². The molecule has 12 aromatic carbocycles. The molecule has 2 aliphatic rings. The zero-order valence-corrected chi connectivity index (χ0v) is 43.4. The molecule has 0 saturated heterocycles. The summed E-state index contributed by atoms with van der Waals surface area (Å²) in [5.74, 6) is 0. The monoisotopic (exact) mass is 1020 g/mol. The summed E-state index contributed by atoms with van der Waals surface area (Å²) in [7, 11) is 0. The van der Waals surface area contributed by atoms with E-state index in [9.17, 15) is 0 Å². The molecule has 15 rings (SSSR count). The minimum absolute atomic E-state index is 1.24. The van der Waals surface area contributed by atoms with Crippen molar-refractivity contribution in [2.75, 3.05) is 0 Å². The summed E-state index contributed by atoms with van der Waals surface area (Å²) in [6, 6.07) is 91.4. The van der Waals surface area contributed by atoms with Crippen LogP contribution >= 0.6 is 58.4 Å². The molecule has 0 atom stereocenters. The van der Waals surface area contributed by atoms with Crippen LogP contribution < -0.4 is 0 Å². The van der Waals surface area contributed by atoms with Crippen molar-refractivity contribution in [2.45, 2.75) is 39.2 Å². The Morgan fingerprint density at radius 3 is 1.21 bits per heavy atom. The molecular weight excluding hydrogens is 977 g/mol. The Morgan fingerprint density at radius 1 is 0.233 bits per heavy atom. The summed E-state index contributed by atoms with van der Waals surface area (Å²) in [6.45, 7) is 0. The molecule has 73 heavy (non-hydrogen) atoms. The van der Waals surface area contributed by atoms with E-state index in [1.807, 2.05) is 47.0 Å². The molecule has 0 radical (unpaired) electrons. The van der Waals surface area contributed by atoms with Crippen LogP contribution in [0.15, 0.2) is 293 Å². The molecule has 13 aromatic rings. The third-order valence-corrected chi connectivity index (χ3v) is 20.1. The molecule has 5 heteroatoms. The van der Waals surface area contributed by atoms with Crippen molar-refractivity contribution in [1.29, 1.82) is 0 Å². The van der Waals surface area contributed by atoms with Crippen LogP contribution in [0.2, 0.25) is 0 Å². The van der Waals surface area contributed by atoms with E-state index in [2.05, 4.69) is 254 Å². The quantitative estimate of drug-likeness (QED) is 0.158. The van der Waals surface area contributed by atoms with Gasteiger partial charge in [-0.2, -0.15) is 0 Å². The van der Waals surface area contributed by atoms with Gasteiger partial charge in [-0.3, -0.25) is 0 Å². The van der Waals surface area contributed by atoms with Gasteiger partial charge in [-0.25, -0.2) is 0 Å². The van der Waals surface area contributed by atoms with E-state index in [1.54, 1.807) is 11.3 Å². The summed E-state index contributed by atoms with van der Waals surface area (Å²) < 4.78 is 0. The van der Waals surface area contributed by atoms with Crippen molar-refractivity contribution >= 4 is 101 Å². The number of hydrogen-bond donors (Lipinski definition) is 0. The second kappa shape index (κ2) is 19.0. The maximum absolute atomic E-state index is 2.46. The molecule has 344 valence electrons. The molecule has 0 fully saturated rings. The minimum atomic E-state index is 1.24. The molecule has 1 aromatic heterocycles. The van der Waals surface area contributed by atoms with E-state index in [0.29, 0.717) is 0 Å². The van der Waals surface area contributed by atoms with E-state index in [0.717, 1.165) is 0 Å². The third kappa shape index (κ3) is 8.26. The van der Waals surface area contributed by atoms with Crippen molar-refractivity contribution in [3.63, 3.8) is 0 Å². The van der Waals surface area contributed by atoms with Crippen molar-refractivity contribution in [3.8, 4) is 54.9 Å². The Kier molecular flexibility index (Phi) is 11.6. The zero-order chi connectivity index (χ0) is 48.2. The van der Waals surface area contributed by atoms with Gasteiger partial charge in [-0.15, -0.1) is 11.3 Å². The molecule has 0 amide bonds. The SMILES string of the molecule is c1ccc2c(c1)Sc1cccc(-c3ccc4c(-c5ccc6ccccc6c5)c5ccccc5c(-c5ccc6ccccc6c5)c4c3)c1S2.c1csc(-c2ccc(-c3cccc4c3Sc3ccccc3S4)cc2)c1. The van der Waals surface area contributed by atoms with Crippen LogP contribution in [-0.2, 0) is 0 Å². The van der Waals surface area contributed by atoms with E-state index in [4.69, 9.17) is 0 Å². The van der Waals surface area contributed by atoms with Gasteiger partial charge in [-0.05, 0) is 159 Å². The number of rotatable bonds is 5. The molecule has 0 saturated carbocycles. The second-order valence-electron chi connectivity index (χ2n) is 18.3. The Morgan fingerprint density at radius 2 is 0.658 bits per heavy atom. The first-order valence-electron chi connectivity index (χ1n) is 24.4. The molecule has 0 unspecified atom stereocenters. The lowest BCUT2D eigenvalue weighted by molar-refractivity contribution is 1.16. The maximum Gasteiger partial charge on any atom is 0.0342 e. The van der Waals surface area contributed by atoms with Gasteiger partial charge in [0.05, 0.1) is 0 Å². The molecular formula is C68H42S5. The van der Waals surface area contributed by atoms with Gasteiger partial charge in [0, 0.05) is 44.0 Å². The summed E-state index contributed by atoms with van der Waals surface area (Å²) in [4.78, 5) is 12.1. The number of fused-ring (bicyclic) bond motifs is 8. The van der Waals surface area contributed by atoms with Gasteiger partial charge in [0.25, 0.3) is 0 Å². The molecule has 0 nitrogen and oxygen atoms in total. The summed E-state index contributed by atoms with van der Waals surface area (Å²) in [5.41, 5.74) is 11.5. The maximum atomic E-state index is 2.46. The molecule has 0 N–H and O–H groups in total. The highest BCUT2D eigenvalue weighted by molar-refractivity contribution is 8.05. The molecule has 0 aliphatic carbocycles. The van der Waals surface area contributed by atoms with Crippen LogP contribution in [0.25, 0.3) is 98.0 Å². The summed E-state index contributed by atoms with van der Waals surface area (Å²) in [6.07, 6.45) is 0. The molecule has 0 bridgehead atoms. The van der Waals surface area contributed by atoms with E-state index < -0.39 is 0 Å². The standard InChI is InChI=1S/C46H28S2.C22H14S3/c1-3-12-31-26-34(22-20-29(31)10-1)44-37-14-5-6-15-38(37)45(35-23-21-30-11-2-4-13-32(30)27-35)40-28-33(24-25-39(40)44)36-16-9-19-43-46(36)48-42-18-8-7-17-41(42)47-43;1-2-7-20-19(6-1)24-21-8-3-5-17(22(21)25-20)15-10-12-16(13-11-15)18-9-4-14-23-18/h1-28H;1-14H. The van der Waals surface area contributed by atoms with Crippen molar-refractivity contribution in [2.24, 2.45) is 0 Å². The predicted octanol–water partition coefficient (Wildman–Crippen LogP) is 21.6. The fourth-order valence-electron chi connectivity index (χ4n) is 10.5. The first-order valence-corrected chi connectivity index (χ1v) is 28.6. The van der Waals surface area contributed by atoms with Gasteiger partial charge >= 0.3 is 0 Å². The first kappa shape index (κ1) is 44.5. The fourth-order valence-corrected chi connectivity index (χ4v) is 16.0. The smallest absolute Gasteiger partial charge is 0.0342 e. The lowest BCUT2D eigenvalue weighted by Crippen LogP contribution is -1.94. The van der Waals surface area contributed by atoms with Crippen LogP contribution in [0.1, 0.15) is 0 Å². The van der Waals surface area contributed by atoms with Gasteiger partial charge < -0.3 is 0 Å². The van der Waals surface area contributed by atoms with Gasteiger partial charge in [0.15, 0.2) is 0 Å². The van der Waals surface area contributed by atoms with Crippen molar-refractivity contribution < 1.29 is 0 Å². The van der Waals surface area contributed by atoms with E-state index >= 15 is 0 Å². The van der Waals surface area contributed by atoms with Gasteiger partial charge in [0.2, 0.25) is 0 Å². The first-order chi connectivity index (χ1) is 36.2. The Labute approximate surface area is 446 Å². The van der Waals surface area contributed by atoms with Gasteiger partial charge in [-0.1, -0.05) is 235 Å². The minimum Gasteiger partial charge on any atom is -0.144 e. The normalized spacial score (nSPS) is 12.4. The highest BCUT2D eigenvalue weighted by atomic mass is 32.2. The molecule has 0 spiro atoms. The highest BCUT2D eigenvalue weighted by Crippen LogP contribution is 2.54. The topological polar surface area (TPSA) is 0 Å². The van der Waals surface area contributed by atoms with Crippen LogP contribution in [0.3, 0.4) is 0 Å². The Balaban J connectivity index is 0.000000165. The lowest BCUT2D eigenvalue weighted by Gasteiger charge is -2.22. The molecule has 2 aliphatic heterocycles. The average Bonchev–Trinajstić information content (AvgIpc) is 4.01. The van der Waals surface area contributed by atoms with Crippen LogP contribution in [0.5, 0.6) is 0 Å². The Bertz CT molecular complexity index is 4270.